The number of hydrogen-bond donors (Lipinski definition) is 2. The second-order valence-corrected chi connectivity index (χ2v) is 5.88. The Morgan fingerprint density at radius 1 is 1.27 bits per heavy atom. The molecular weight excluding hydrogens is 334 g/mol. The van der Waals surface area contributed by atoms with E-state index in [1.807, 2.05) is 12.1 Å². The Bertz CT molecular complexity index is 863. The van der Waals surface area contributed by atoms with Crippen molar-refractivity contribution in [3.8, 4) is 6.07 Å². The van der Waals surface area contributed by atoms with Gasteiger partial charge >= 0.3 is 6.09 Å². The van der Waals surface area contributed by atoms with E-state index in [0.29, 0.717) is 16.8 Å². The van der Waals surface area contributed by atoms with Gasteiger partial charge in [0.25, 0.3) is 11.7 Å². The number of para-hydroxylation sites is 1. The van der Waals surface area contributed by atoms with Gasteiger partial charge in [0, 0.05) is 25.2 Å². The normalized spacial score (nSPS) is 19.1. The summed E-state index contributed by atoms with van der Waals surface area (Å²) in [4.78, 5) is 25.8. The van der Waals surface area contributed by atoms with E-state index >= 15 is 0 Å². The summed E-state index contributed by atoms with van der Waals surface area (Å²) in [6.45, 7) is 0.359. The maximum absolute atomic E-state index is 12.5. The molecule has 7 nitrogen and oxygen atoms in total. The molecule has 0 aromatic heterocycles. The predicted octanol–water partition coefficient (Wildman–Crippen LogP) is 1.91. The molecule has 1 aliphatic heterocycles. The van der Waals surface area contributed by atoms with Crippen LogP contribution in [-0.4, -0.2) is 29.4 Å². The lowest BCUT2D eigenvalue weighted by atomic mass is 10.1. The molecule has 0 bridgehead atoms. The molecule has 1 atom stereocenters. The van der Waals surface area contributed by atoms with E-state index in [1.165, 1.54) is 4.90 Å². The fourth-order valence-corrected chi connectivity index (χ4v) is 2.75. The summed E-state index contributed by atoms with van der Waals surface area (Å²) in [5.74, 6) is -2.86. The van der Waals surface area contributed by atoms with Gasteiger partial charge in [-0.2, -0.15) is 5.26 Å². The summed E-state index contributed by atoms with van der Waals surface area (Å²) >= 11 is 0. The van der Waals surface area contributed by atoms with E-state index in [1.54, 1.807) is 48.5 Å². The number of anilines is 1. The van der Waals surface area contributed by atoms with Crippen molar-refractivity contribution in [3.05, 3.63) is 65.7 Å². The molecule has 0 radical (unpaired) electrons. The number of rotatable bonds is 4. The van der Waals surface area contributed by atoms with Crippen LogP contribution in [0.5, 0.6) is 0 Å². The second kappa shape index (κ2) is 7.25. The number of carbonyl (C=O) groups excluding carboxylic acids is 2. The Labute approximate surface area is 150 Å². The van der Waals surface area contributed by atoms with Crippen molar-refractivity contribution in [2.75, 3.05) is 11.4 Å². The number of nitrogens with one attached hydrogen (secondary N) is 1. The minimum atomic E-state index is -2.19. The Kier molecular flexibility index (Phi) is 4.87. The van der Waals surface area contributed by atoms with Gasteiger partial charge in [-0.3, -0.25) is 4.79 Å². The highest BCUT2D eigenvalue weighted by Gasteiger charge is 2.49. The fourth-order valence-electron chi connectivity index (χ4n) is 2.75. The number of nitrogens with zero attached hydrogens (tertiary/aromatic N) is 2. The molecule has 1 fully saturated rings. The van der Waals surface area contributed by atoms with Crippen molar-refractivity contribution in [2.24, 2.45) is 0 Å². The van der Waals surface area contributed by atoms with E-state index in [-0.39, 0.29) is 19.5 Å². The van der Waals surface area contributed by atoms with Gasteiger partial charge in [0.05, 0.1) is 11.6 Å². The lowest BCUT2D eigenvalue weighted by Crippen LogP contribution is -2.46. The van der Waals surface area contributed by atoms with Gasteiger partial charge in [-0.15, -0.1) is 0 Å². The van der Waals surface area contributed by atoms with Crippen molar-refractivity contribution in [2.45, 2.75) is 18.8 Å². The summed E-state index contributed by atoms with van der Waals surface area (Å²) < 4.78 is 4.99. The molecule has 2 aromatic rings. The van der Waals surface area contributed by atoms with Crippen LogP contribution in [0.15, 0.2) is 54.6 Å². The van der Waals surface area contributed by atoms with Gasteiger partial charge in [0.2, 0.25) is 0 Å². The number of aliphatic hydroxyl groups is 1. The summed E-state index contributed by atoms with van der Waals surface area (Å²) in [5.41, 5.74) is 1.81. The molecular formula is C19H17N3O4. The van der Waals surface area contributed by atoms with Crippen LogP contribution in [0.25, 0.3) is 0 Å². The molecule has 1 aliphatic rings. The molecule has 0 unspecified atom stereocenters. The molecule has 3 rings (SSSR count). The molecule has 2 N–H and O–H groups in total. The van der Waals surface area contributed by atoms with E-state index in [0.717, 1.165) is 0 Å². The summed E-state index contributed by atoms with van der Waals surface area (Å²) in [6.07, 6.45) is -0.920. The largest absolute Gasteiger partial charge is 0.410 e. The predicted molar refractivity (Wildman–Crippen MR) is 92.8 cm³/mol. The van der Waals surface area contributed by atoms with Crippen LogP contribution < -0.4 is 10.2 Å². The summed E-state index contributed by atoms with van der Waals surface area (Å²) in [5, 5.41) is 21.8. The zero-order chi connectivity index (χ0) is 18.6. The van der Waals surface area contributed by atoms with E-state index in [4.69, 9.17) is 10.00 Å². The number of benzene rings is 2. The van der Waals surface area contributed by atoms with Gasteiger partial charge in [0.15, 0.2) is 0 Å². The Hall–Kier alpha value is -3.37. The molecule has 1 heterocycles. The van der Waals surface area contributed by atoms with Crippen LogP contribution in [0.1, 0.15) is 17.5 Å². The monoisotopic (exact) mass is 351 g/mol. The Balaban J connectivity index is 1.60. The average Bonchev–Trinajstić information content (AvgIpc) is 2.95. The van der Waals surface area contributed by atoms with Crippen LogP contribution in [-0.2, 0) is 16.1 Å². The first-order valence-electron chi connectivity index (χ1n) is 8.07. The first-order valence-corrected chi connectivity index (χ1v) is 8.07. The Morgan fingerprint density at radius 2 is 2.04 bits per heavy atom. The number of nitriles is 1. The number of alkyl carbamates (subject to hydrolysis) is 1. The maximum Gasteiger partial charge on any atom is 0.410 e. The van der Waals surface area contributed by atoms with Crippen LogP contribution in [0.3, 0.4) is 0 Å². The van der Waals surface area contributed by atoms with E-state index < -0.39 is 17.8 Å². The Morgan fingerprint density at radius 3 is 2.77 bits per heavy atom. The third kappa shape index (κ3) is 3.66. The van der Waals surface area contributed by atoms with Gasteiger partial charge in [-0.1, -0.05) is 30.3 Å². The first kappa shape index (κ1) is 17.5. The number of carbonyl (C=O) groups is 2. The van der Waals surface area contributed by atoms with Crippen LogP contribution in [0, 0.1) is 11.3 Å². The lowest BCUT2D eigenvalue weighted by Gasteiger charge is -2.22. The van der Waals surface area contributed by atoms with Gasteiger partial charge < -0.3 is 20.1 Å². The highest BCUT2D eigenvalue weighted by Crippen LogP contribution is 2.29. The summed E-state index contributed by atoms with van der Waals surface area (Å²) in [7, 11) is 0. The molecule has 2 amide bonds. The highest BCUT2D eigenvalue weighted by molar-refractivity contribution is 6.01. The van der Waals surface area contributed by atoms with E-state index in [2.05, 4.69) is 5.32 Å². The quantitative estimate of drug-likeness (QED) is 0.819. The van der Waals surface area contributed by atoms with Crippen LogP contribution in [0.2, 0.25) is 0 Å². The van der Waals surface area contributed by atoms with E-state index in [9.17, 15) is 14.7 Å². The molecule has 0 spiro atoms. The van der Waals surface area contributed by atoms with Gasteiger partial charge in [0.1, 0.15) is 0 Å². The molecule has 0 aliphatic carbocycles. The molecule has 7 heteroatoms. The van der Waals surface area contributed by atoms with Gasteiger partial charge in [-0.05, 0) is 29.8 Å². The minimum absolute atomic E-state index is 0.0158. The van der Waals surface area contributed by atoms with Crippen molar-refractivity contribution in [1.29, 1.82) is 5.26 Å². The molecule has 132 valence electrons. The first-order chi connectivity index (χ1) is 12.5. The van der Waals surface area contributed by atoms with Crippen molar-refractivity contribution in [3.63, 3.8) is 0 Å². The highest BCUT2D eigenvalue weighted by atomic mass is 16.7. The second-order valence-electron chi connectivity index (χ2n) is 5.88. The van der Waals surface area contributed by atoms with Crippen LogP contribution in [0.4, 0.5) is 10.5 Å². The van der Waals surface area contributed by atoms with Gasteiger partial charge in [-0.25, -0.2) is 4.79 Å². The maximum atomic E-state index is 12.5. The molecule has 2 aromatic carbocycles. The third-order valence-corrected chi connectivity index (χ3v) is 4.08. The lowest BCUT2D eigenvalue weighted by molar-refractivity contribution is -0.175. The topological polar surface area (TPSA) is 103 Å². The number of amides is 2. The van der Waals surface area contributed by atoms with Crippen LogP contribution >= 0.6 is 0 Å². The fraction of sp³-hybridized carbons (Fsp3) is 0.211. The average molecular weight is 351 g/mol. The summed E-state index contributed by atoms with van der Waals surface area (Å²) in [6, 6.07) is 17.6. The zero-order valence-corrected chi connectivity index (χ0v) is 13.9. The third-order valence-electron chi connectivity index (χ3n) is 4.08. The van der Waals surface area contributed by atoms with Crippen molar-refractivity contribution in [1.82, 2.24) is 5.32 Å². The number of ether oxygens (including phenoxy) is 1. The smallest absolute Gasteiger partial charge is 0.407 e. The zero-order valence-electron chi connectivity index (χ0n) is 13.9. The standard InChI is InChI=1S/C19H17N3O4/c20-12-14-5-4-6-15(11-14)13-21-18(24)26-19(25)9-10-22(17(19)23)16-7-2-1-3-8-16/h1-8,11,25H,9-10,13H2,(H,21,24)/t19-/m0/s1. The number of hydrogen-bond acceptors (Lipinski definition) is 5. The molecule has 0 saturated carbocycles. The van der Waals surface area contributed by atoms with Crippen molar-refractivity contribution < 1.29 is 19.4 Å². The minimum Gasteiger partial charge on any atom is -0.407 e. The molecule has 1 saturated heterocycles. The molecule has 26 heavy (non-hydrogen) atoms. The SMILES string of the molecule is N#Cc1cccc(CNC(=O)O[C@@]2(O)CCN(c3ccccc3)C2=O)c1. The van der Waals surface area contributed by atoms with Crippen molar-refractivity contribution >= 4 is 17.7 Å².